The van der Waals surface area contributed by atoms with Gasteiger partial charge in [-0.2, -0.15) is 0 Å². The van der Waals surface area contributed by atoms with Crippen molar-refractivity contribution < 1.29 is 4.79 Å². The van der Waals surface area contributed by atoms with Gasteiger partial charge in [-0.05, 0) is 46.9 Å². The highest BCUT2D eigenvalue weighted by atomic mass is 16.2. The topological polar surface area (TPSA) is 25.2 Å². The van der Waals surface area contributed by atoms with Crippen LogP contribution in [0.3, 0.4) is 0 Å². The van der Waals surface area contributed by atoms with E-state index in [9.17, 15) is 4.79 Å². The number of carbonyl (C=O) groups is 1. The number of rotatable bonds is 3. The largest absolute Gasteiger partial charge is 0.341 e. The molecule has 1 aliphatic rings. The van der Waals surface area contributed by atoms with Crippen molar-refractivity contribution >= 4 is 16.8 Å². The van der Waals surface area contributed by atoms with Crippen LogP contribution in [-0.4, -0.2) is 28.5 Å². The van der Waals surface area contributed by atoms with Crippen LogP contribution in [0.25, 0.3) is 10.9 Å². The second kappa shape index (κ2) is 5.45. The first-order chi connectivity index (χ1) is 10.4. The first kappa shape index (κ1) is 15.1. The van der Waals surface area contributed by atoms with Crippen molar-refractivity contribution in [3.05, 3.63) is 36.0 Å². The molecule has 0 aliphatic carbocycles. The normalized spacial score (nSPS) is 17.6. The number of carbonyl (C=O) groups excluding carboxylic acids is 1. The molecule has 3 nitrogen and oxygen atoms in total. The molecule has 0 unspecified atom stereocenters. The summed E-state index contributed by atoms with van der Waals surface area (Å²) >= 11 is 0. The van der Waals surface area contributed by atoms with E-state index in [4.69, 9.17) is 0 Å². The maximum atomic E-state index is 12.5. The fraction of sp³-hybridized carbons (Fsp3) is 0.526. The second-order valence-electron chi connectivity index (χ2n) is 7.65. The molecule has 0 saturated carbocycles. The van der Waals surface area contributed by atoms with Crippen LogP contribution in [0, 0.1) is 5.41 Å². The highest BCUT2D eigenvalue weighted by Crippen LogP contribution is 2.29. The Hall–Kier alpha value is -1.77. The third-order valence-corrected chi connectivity index (χ3v) is 4.80. The predicted octanol–water partition coefficient (Wildman–Crippen LogP) is 4.02. The summed E-state index contributed by atoms with van der Waals surface area (Å²) < 4.78 is 2.08. The molecule has 1 saturated heterocycles. The van der Waals surface area contributed by atoms with E-state index < -0.39 is 0 Å². The van der Waals surface area contributed by atoms with Crippen molar-refractivity contribution in [2.24, 2.45) is 5.41 Å². The number of amides is 1. The van der Waals surface area contributed by atoms with Crippen molar-refractivity contribution in [1.82, 2.24) is 9.47 Å². The van der Waals surface area contributed by atoms with Crippen LogP contribution < -0.4 is 0 Å². The zero-order valence-electron chi connectivity index (χ0n) is 14.1. The van der Waals surface area contributed by atoms with E-state index >= 15 is 0 Å². The maximum Gasteiger partial charge on any atom is 0.242 e. The van der Waals surface area contributed by atoms with Crippen LogP contribution in [0.1, 0.15) is 45.6 Å². The van der Waals surface area contributed by atoms with Gasteiger partial charge >= 0.3 is 0 Å². The van der Waals surface area contributed by atoms with Gasteiger partial charge in [0, 0.05) is 24.8 Å². The summed E-state index contributed by atoms with van der Waals surface area (Å²) in [6.45, 7) is 11.1. The van der Waals surface area contributed by atoms with Crippen LogP contribution in [0.4, 0.5) is 0 Å². The Kier molecular flexibility index (Phi) is 3.75. The number of hydrogen-bond acceptors (Lipinski definition) is 1. The van der Waals surface area contributed by atoms with E-state index in [-0.39, 0.29) is 11.3 Å². The molecule has 0 radical (unpaired) electrons. The molecular weight excluding hydrogens is 272 g/mol. The van der Waals surface area contributed by atoms with Crippen molar-refractivity contribution in [3.8, 4) is 0 Å². The van der Waals surface area contributed by atoms with Crippen LogP contribution in [0.15, 0.2) is 30.5 Å². The zero-order valence-corrected chi connectivity index (χ0v) is 14.1. The number of aromatic nitrogens is 1. The first-order valence-corrected chi connectivity index (χ1v) is 8.22. The third kappa shape index (κ3) is 2.90. The number of benzene rings is 1. The molecule has 1 aromatic carbocycles. The Morgan fingerprint density at radius 1 is 1.27 bits per heavy atom. The third-order valence-electron chi connectivity index (χ3n) is 4.80. The summed E-state index contributed by atoms with van der Waals surface area (Å²) in [5.74, 6) is 0.761. The van der Waals surface area contributed by atoms with Gasteiger partial charge in [0.25, 0.3) is 0 Å². The van der Waals surface area contributed by atoms with E-state index in [1.165, 1.54) is 10.9 Å². The van der Waals surface area contributed by atoms with Crippen molar-refractivity contribution in [1.29, 1.82) is 0 Å². The molecule has 1 aromatic heterocycles. The summed E-state index contributed by atoms with van der Waals surface area (Å²) in [6, 6.07) is 8.67. The van der Waals surface area contributed by atoms with Gasteiger partial charge in [0.15, 0.2) is 0 Å². The van der Waals surface area contributed by atoms with E-state index in [1.807, 2.05) is 11.1 Å². The number of nitrogens with zero attached hydrogens (tertiary/aromatic N) is 2. The summed E-state index contributed by atoms with van der Waals surface area (Å²) in [6.07, 6.45) is 3.14. The number of fused-ring (bicyclic) bond motifs is 1. The summed E-state index contributed by atoms with van der Waals surface area (Å²) in [5, 5.41) is 1.22. The molecule has 118 valence electrons. The molecule has 3 rings (SSSR count). The average Bonchev–Trinajstić information content (AvgIpc) is 3.02. The first-order valence-electron chi connectivity index (χ1n) is 8.22. The minimum absolute atomic E-state index is 0.232. The summed E-state index contributed by atoms with van der Waals surface area (Å²) in [7, 11) is 0. The van der Waals surface area contributed by atoms with Gasteiger partial charge in [-0.15, -0.1) is 0 Å². The average molecular weight is 298 g/mol. The Labute approximate surface area is 132 Å². The highest BCUT2D eigenvalue weighted by Gasteiger charge is 2.31. The molecule has 2 aromatic rings. The number of hydrogen-bond donors (Lipinski definition) is 0. The molecule has 22 heavy (non-hydrogen) atoms. The fourth-order valence-electron chi connectivity index (χ4n) is 3.29. The van der Waals surface area contributed by atoms with Crippen LogP contribution in [-0.2, 0) is 11.3 Å². The van der Waals surface area contributed by atoms with Crippen LogP contribution >= 0.6 is 0 Å². The Morgan fingerprint density at radius 3 is 2.68 bits per heavy atom. The molecule has 0 bridgehead atoms. The van der Waals surface area contributed by atoms with Crippen molar-refractivity contribution in [2.45, 2.75) is 46.6 Å². The fourth-order valence-corrected chi connectivity index (χ4v) is 3.29. The van der Waals surface area contributed by atoms with Gasteiger partial charge in [-0.25, -0.2) is 0 Å². The molecule has 1 fully saturated rings. The monoisotopic (exact) mass is 298 g/mol. The Bertz CT molecular complexity index is 697. The standard InChI is InChI=1S/C19H26N2O/c1-14(2)15-5-6-17-16(11-15)7-9-20(17)12-18(22)21-10-8-19(3,4)13-21/h5-7,9,11,14H,8,10,12-13H2,1-4H3. The lowest BCUT2D eigenvalue weighted by Crippen LogP contribution is -2.32. The molecule has 3 heteroatoms. The summed E-state index contributed by atoms with van der Waals surface area (Å²) in [5.41, 5.74) is 2.76. The van der Waals surface area contributed by atoms with Crippen molar-refractivity contribution in [2.75, 3.05) is 13.1 Å². The minimum atomic E-state index is 0.232. The molecule has 1 aliphatic heterocycles. The molecule has 0 N–H and O–H groups in total. The maximum absolute atomic E-state index is 12.5. The molecule has 0 atom stereocenters. The lowest BCUT2D eigenvalue weighted by Gasteiger charge is -2.20. The van der Waals surface area contributed by atoms with Gasteiger partial charge in [-0.1, -0.05) is 33.8 Å². The Morgan fingerprint density at radius 2 is 2.05 bits per heavy atom. The lowest BCUT2D eigenvalue weighted by molar-refractivity contribution is -0.131. The molecule has 2 heterocycles. The van der Waals surface area contributed by atoms with Gasteiger partial charge in [0.1, 0.15) is 6.54 Å². The van der Waals surface area contributed by atoms with E-state index in [0.717, 1.165) is 25.0 Å². The SMILES string of the molecule is CC(C)c1ccc2c(ccn2CC(=O)N2CCC(C)(C)C2)c1. The smallest absolute Gasteiger partial charge is 0.242 e. The van der Waals surface area contributed by atoms with Gasteiger partial charge in [-0.3, -0.25) is 4.79 Å². The minimum Gasteiger partial charge on any atom is -0.341 e. The van der Waals surface area contributed by atoms with E-state index in [0.29, 0.717) is 12.5 Å². The quantitative estimate of drug-likeness (QED) is 0.840. The predicted molar refractivity (Wildman–Crippen MR) is 91.0 cm³/mol. The van der Waals surface area contributed by atoms with E-state index in [2.05, 4.69) is 56.5 Å². The van der Waals surface area contributed by atoms with E-state index in [1.54, 1.807) is 0 Å². The molecule has 0 spiro atoms. The molecule has 1 amide bonds. The van der Waals surface area contributed by atoms with Crippen molar-refractivity contribution in [3.63, 3.8) is 0 Å². The zero-order chi connectivity index (χ0) is 15.9. The van der Waals surface area contributed by atoms with Crippen LogP contribution in [0.5, 0.6) is 0 Å². The second-order valence-corrected chi connectivity index (χ2v) is 7.65. The van der Waals surface area contributed by atoms with Crippen LogP contribution in [0.2, 0.25) is 0 Å². The van der Waals surface area contributed by atoms with Gasteiger partial charge in [0.05, 0.1) is 0 Å². The molecular formula is C19H26N2O. The summed E-state index contributed by atoms with van der Waals surface area (Å²) in [4.78, 5) is 14.5. The lowest BCUT2D eigenvalue weighted by atomic mass is 9.93. The highest BCUT2D eigenvalue weighted by molar-refractivity contribution is 5.84. The van der Waals surface area contributed by atoms with Gasteiger partial charge in [0.2, 0.25) is 5.91 Å². The van der Waals surface area contributed by atoms with Gasteiger partial charge < -0.3 is 9.47 Å². The Balaban J connectivity index is 1.78. The number of likely N-dealkylation sites (tertiary alicyclic amines) is 1.